The highest BCUT2D eigenvalue weighted by molar-refractivity contribution is 6.18. The van der Waals surface area contributed by atoms with Crippen LogP contribution in [0.5, 0.6) is 0 Å². The summed E-state index contributed by atoms with van der Waals surface area (Å²) < 4.78 is 0. The first-order valence-corrected chi connectivity index (χ1v) is 8.73. The maximum absolute atomic E-state index is 10.6. The highest BCUT2D eigenvalue weighted by Crippen LogP contribution is 2.16. The third-order valence-electron chi connectivity index (χ3n) is 3.61. The first-order valence-electron chi connectivity index (χ1n) is 7.66. The van der Waals surface area contributed by atoms with Crippen LogP contribution in [0.2, 0.25) is 0 Å². The van der Waals surface area contributed by atoms with E-state index >= 15 is 0 Å². The van der Waals surface area contributed by atoms with Crippen molar-refractivity contribution in [1.29, 1.82) is 0 Å². The van der Waals surface area contributed by atoms with Crippen molar-refractivity contribution in [2.24, 2.45) is 0 Å². The standard InChI is InChI=1S/C16H21Cl2N3O2/c17-6-8-21(9-7-18)11-12-4-5-13-14(10-12)20-15(19-13)2-1-3-16(22)23/h4-5,10H,1-3,6-9,11H2,(H,19,20)(H,22,23). The number of fused-ring (bicyclic) bond motifs is 1. The van der Waals surface area contributed by atoms with E-state index in [1.165, 1.54) is 0 Å². The second-order valence-electron chi connectivity index (χ2n) is 5.44. The predicted octanol–water partition coefficient (Wildman–Crippen LogP) is 3.25. The Hall–Kier alpha value is -1.30. The molecule has 0 amide bonds. The van der Waals surface area contributed by atoms with Crippen molar-refractivity contribution < 1.29 is 9.90 Å². The number of aryl methyl sites for hydroxylation is 1. The van der Waals surface area contributed by atoms with Crippen LogP contribution >= 0.6 is 23.2 Å². The van der Waals surface area contributed by atoms with Gasteiger partial charge >= 0.3 is 5.97 Å². The maximum Gasteiger partial charge on any atom is 0.303 e. The molecule has 2 N–H and O–H groups in total. The van der Waals surface area contributed by atoms with Gasteiger partial charge in [-0.2, -0.15) is 0 Å². The van der Waals surface area contributed by atoms with Crippen LogP contribution in [0.1, 0.15) is 24.2 Å². The topological polar surface area (TPSA) is 69.2 Å². The summed E-state index contributed by atoms with van der Waals surface area (Å²) in [5, 5.41) is 8.68. The fourth-order valence-corrected chi connectivity index (χ4v) is 2.97. The van der Waals surface area contributed by atoms with E-state index in [0.29, 0.717) is 24.6 Å². The molecule has 0 aliphatic carbocycles. The van der Waals surface area contributed by atoms with Gasteiger partial charge in [-0.25, -0.2) is 4.98 Å². The van der Waals surface area contributed by atoms with E-state index in [-0.39, 0.29) is 6.42 Å². The van der Waals surface area contributed by atoms with Gasteiger partial charge in [0.25, 0.3) is 0 Å². The Balaban J connectivity index is 2.04. The van der Waals surface area contributed by atoms with Gasteiger partial charge in [-0.3, -0.25) is 9.69 Å². The summed E-state index contributed by atoms with van der Waals surface area (Å²) in [4.78, 5) is 20.6. The number of nitrogens with one attached hydrogen (secondary N) is 1. The minimum atomic E-state index is -0.776. The molecule has 2 aromatic rings. The molecule has 1 aromatic carbocycles. The lowest BCUT2D eigenvalue weighted by Gasteiger charge is -2.19. The number of hydrogen-bond donors (Lipinski definition) is 2. The molecule has 1 aromatic heterocycles. The molecule has 0 saturated carbocycles. The molecule has 0 fully saturated rings. The smallest absolute Gasteiger partial charge is 0.303 e. The molecule has 1 heterocycles. The van der Waals surface area contributed by atoms with Gasteiger partial charge < -0.3 is 10.1 Å². The van der Waals surface area contributed by atoms with Crippen molar-refractivity contribution in [2.75, 3.05) is 24.8 Å². The molecule has 0 unspecified atom stereocenters. The van der Waals surface area contributed by atoms with Crippen molar-refractivity contribution in [1.82, 2.24) is 14.9 Å². The van der Waals surface area contributed by atoms with Gasteiger partial charge in [0.1, 0.15) is 5.82 Å². The Labute approximate surface area is 145 Å². The fraction of sp³-hybridized carbons (Fsp3) is 0.500. The minimum Gasteiger partial charge on any atom is -0.481 e. The molecule has 0 bridgehead atoms. The van der Waals surface area contributed by atoms with Crippen molar-refractivity contribution in [2.45, 2.75) is 25.8 Å². The molecule has 0 saturated heterocycles. The number of halogens is 2. The van der Waals surface area contributed by atoms with Crippen LogP contribution in [-0.4, -0.2) is 50.8 Å². The van der Waals surface area contributed by atoms with Gasteiger partial charge in [0, 0.05) is 44.2 Å². The summed E-state index contributed by atoms with van der Waals surface area (Å²) in [7, 11) is 0. The number of rotatable bonds is 10. The number of aliphatic carboxylic acids is 1. The van der Waals surface area contributed by atoms with E-state index in [2.05, 4.69) is 27.0 Å². The predicted molar refractivity (Wildman–Crippen MR) is 93.4 cm³/mol. The second kappa shape index (κ2) is 9.11. The third-order valence-corrected chi connectivity index (χ3v) is 3.95. The SMILES string of the molecule is O=C(O)CCCc1nc2cc(CN(CCCl)CCCl)ccc2[nH]1. The zero-order valence-corrected chi connectivity index (χ0v) is 14.4. The molecule has 2 rings (SSSR count). The highest BCUT2D eigenvalue weighted by Gasteiger charge is 2.08. The summed E-state index contributed by atoms with van der Waals surface area (Å²) in [6.45, 7) is 2.39. The number of alkyl halides is 2. The molecule has 0 aliphatic heterocycles. The number of imidazole rings is 1. The number of nitrogens with zero attached hydrogens (tertiary/aromatic N) is 2. The van der Waals surface area contributed by atoms with E-state index in [1.807, 2.05) is 6.07 Å². The summed E-state index contributed by atoms with van der Waals surface area (Å²) in [5.74, 6) is 1.21. The quantitative estimate of drug-likeness (QED) is 0.640. The van der Waals surface area contributed by atoms with Gasteiger partial charge in [0.2, 0.25) is 0 Å². The van der Waals surface area contributed by atoms with Gasteiger partial charge in [0.15, 0.2) is 0 Å². The molecule has 0 spiro atoms. The molecule has 126 valence electrons. The molecule has 0 radical (unpaired) electrons. The lowest BCUT2D eigenvalue weighted by Crippen LogP contribution is -2.27. The van der Waals surface area contributed by atoms with Crippen LogP contribution in [0, 0.1) is 0 Å². The van der Waals surface area contributed by atoms with Crippen LogP contribution in [0.15, 0.2) is 18.2 Å². The number of H-pyrrole nitrogens is 1. The number of carbonyl (C=O) groups is 1. The van der Waals surface area contributed by atoms with Crippen LogP contribution in [0.4, 0.5) is 0 Å². The van der Waals surface area contributed by atoms with E-state index in [0.717, 1.165) is 42.1 Å². The monoisotopic (exact) mass is 357 g/mol. The van der Waals surface area contributed by atoms with Crippen LogP contribution in [0.25, 0.3) is 11.0 Å². The first kappa shape index (κ1) is 18.0. The van der Waals surface area contributed by atoms with Crippen LogP contribution in [-0.2, 0) is 17.8 Å². The highest BCUT2D eigenvalue weighted by atomic mass is 35.5. The molecule has 0 aliphatic rings. The van der Waals surface area contributed by atoms with Gasteiger partial charge in [-0.1, -0.05) is 6.07 Å². The fourth-order valence-electron chi connectivity index (χ4n) is 2.50. The Bertz CT molecular complexity index is 639. The molecule has 5 nitrogen and oxygen atoms in total. The number of carboxylic acid groups (broad SMARTS) is 1. The Morgan fingerprint density at radius 1 is 1.26 bits per heavy atom. The van der Waals surface area contributed by atoms with Crippen LogP contribution in [0.3, 0.4) is 0 Å². The minimum absolute atomic E-state index is 0.161. The Kier molecular flexibility index (Phi) is 7.15. The van der Waals surface area contributed by atoms with E-state index < -0.39 is 5.97 Å². The first-order chi connectivity index (χ1) is 11.1. The zero-order chi connectivity index (χ0) is 16.7. The average Bonchev–Trinajstić information content (AvgIpc) is 2.89. The molecular formula is C16H21Cl2N3O2. The summed E-state index contributed by atoms with van der Waals surface area (Å²) in [5.41, 5.74) is 3.04. The Morgan fingerprint density at radius 3 is 2.65 bits per heavy atom. The normalized spacial score (nSPS) is 11.4. The number of benzene rings is 1. The van der Waals surface area contributed by atoms with Gasteiger partial charge in [0.05, 0.1) is 11.0 Å². The summed E-state index contributed by atoms with van der Waals surface area (Å²) in [6, 6.07) is 6.14. The number of carboxylic acids is 1. The second-order valence-corrected chi connectivity index (χ2v) is 6.19. The Morgan fingerprint density at radius 2 is 2.00 bits per heavy atom. The lowest BCUT2D eigenvalue weighted by atomic mass is 10.2. The van der Waals surface area contributed by atoms with Crippen molar-refractivity contribution in [3.63, 3.8) is 0 Å². The van der Waals surface area contributed by atoms with Crippen molar-refractivity contribution >= 4 is 40.2 Å². The van der Waals surface area contributed by atoms with Crippen molar-refractivity contribution in [3.05, 3.63) is 29.6 Å². The number of hydrogen-bond acceptors (Lipinski definition) is 3. The van der Waals surface area contributed by atoms with Crippen molar-refractivity contribution in [3.8, 4) is 0 Å². The van der Waals surface area contributed by atoms with E-state index in [9.17, 15) is 4.79 Å². The summed E-state index contributed by atoms with van der Waals surface area (Å²) in [6.07, 6.45) is 1.39. The molecular weight excluding hydrogens is 337 g/mol. The van der Waals surface area contributed by atoms with E-state index in [1.54, 1.807) is 0 Å². The largest absolute Gasteiger partial charge is 0.481 e. The van der Waals surface area contributed by atoms with Crippen LogP contribution < -0.4 is 0 Å². The third kappa shape index (κ3) is 5.68. The number of aromatic amines is 1. The van der Waals surface area contributed by atoms with E-state index in [4.69, 9.17) is 28.3 Å². The molecule has 23 heavy (non-hydrogen) atoms. The number of aromatic nitrogens is 2. The molecule has 0 atom stereocenters. The average molecular weight is 358 g/mol. The van der Waals surface area contributed by atoms with Gasteiger partial charge in [-0.05, 0) is 24.1 Å². The maximum atomic E-state index is 10.6. The lowest BCUT2D eigenvalue weighted by molar-refractivity contribution is -0.137. The zero-order valence-electron chi connectivity index (χ0n) is 12.9. The summed E-state index contributed by atoms with van der Waals surface area (Å²) >= 11 is 11.6. The molecule has 7 heteroatoms. The van der Waals surface area contributed by atoms with Gasteiger partial charge in [-0.15, -0.1) is 23.2 Å².